The average Bonchev–Trinajstić information content (AvgIpc) is 2.07. The van der Waals surface area contributed by atoms with Crippen LogP contribution in [0.2, 0.25) is 0 Å². The molecule has 6 N–H and O–H groups in total. The predicted molar refractivity (Wildman–Crippen MR) is 38.7 cm³/mol. The highest BCUT2D eigenvalue weighted by molar-refractivity contribution is 5.16. The average molecular weight is 143 g/mol. The van der Waals surface area contributed by atoms with Gasteiger partial charge in [-0.15, -0.1) is 5.12 Å². The third-order valence-corrected chi connectivity index (χ3v) is 1.83. The van der Waals surface area contributed by atoms with Crippen LogP contribution >= 0.6 is 0 Å². The molecule has 1 rings (SSSR count). The molecule has 1 heterocycles. The summed E-state index contributed by atoms with van der Waals surface area (Å²) in [7, 11) is 1.77. The van der Waals surface area contributed by atoms with Gasteiger partial charge < -0.3 is 11.5 Å². The molecule has 0 fully saturated rings. The van der Waals surface area contributed by atoms with Crippen molar-refractivity contribution in [1.82, 2.24) is 10.1 Å². The number of hydrogen-bond donors (Lipinski definition) is 3. The second-order valence-corrected chi connectivity index (χ2v) is 2.42. The Balaban J connectivity index is 2.88. The molecule has 0 bridgehead atoms. The summed E-state index contributed by atoms with van der Waals surface area (Å²) in [5, 5.41) is 3.02. The summed E-state index contributed by atoms with van der Waals surface area (Å²) in [6.07, 6.45) is -0.273. The van der Waals surface area contributed by atoms with Gasteiger partial charge in [-0.2, -0.15) is 0 Å². The first-order valence-electron chi connectivity index (χ1n) is 3.05. The van der Waals surface area contributed by atoms with Crippen molar-refractivity contribution < 1.29 is 0 Å². The standard InChI is InChI=1S/C5H13N5/c1-3-4(6)9(2)10(8)5(3)7/h5H,6-8H2,1-2H3. The summed E-state index contributed by atoms with van der Waals surface area (Å²) in [6.45, 7) is 1.86. The number of nitrogens with zero attached hydrogens (tertiary/aromatic N) is 2. The summed E-state index contributed by atoms with van der Waals surface area (Å²) in [5.74, 6) is 6.15. The maximum absolute atomic E-state index is 5.62. The molecular formula is C5H13N5. The molecule has 5 heteroatoms. The molecule has 1 aliphatic heterocycles. The van der Waals surface area contributed by atoms with Crippen LogP contribution in [-0.4, -0.2) is 23.3 Å². The van der Waals surface area contributed by atoms with Gasteiger partial charge in [-0.05, 0) is 6.92 Å². The summed E-state index contributed by atoms with van der Waals surface area (Å²) in [5.41, 5.74) is 12.1. The van der Waals surface area contributed by atoms with Gasteiger partial charge in [0.05, 0.1) is 0 Å². The quantitative estimate of drug-likeness (QED) is 0.359. The number of nitrogens with two attached hydrogens (primary N) is 3. The van der Waals surface area contributed by atoms with Crippen molar-refractivity contribution in [2.75, 3.05) is 7.05 Å². The maximum atomic E-state index is 5.62. The van der Waals surface area contributed by atoms with Crippen LogP contribution in [0.15, 0.2) is 11.4 Å². The lowest BCUT2D eigenvalue weighted by atomic mass is 10.3. The van der Waals surface area contributed by atoms with Crippen LogP contribution < -0.4 is 17.3 Å². The van der Waals surface area contributed by atoms with E-state index in [0.29, 0.717) is 5.82 Å². The van der Waals surface area contributed by atoms with Crippen LogP contribution in [-0.2, 0) is 0 Å². The molecule has 58 valence electrons. The predicted octanol–water partition coefficient (Wildman–Crippen LogP) is -1.50. The highest BCUT2D eigenvalue weighted by atomic mass is 15.8. The van der Waals surface area contributed by atoms with Gasteiger partial charge in [0.25, 0.3) is 0 Å². The van der Waals surface area contributed by atoms with Gasteiger partial charge >= 0.3 is 0 Å². The molecule has 1 aliphatic rings. The number of hydrazine groups is 2. The Hall–Kier alpha value is -0.780. The summed E-state index contributed by atoms with van der Waals surface area (Å²) < 4.78 is 0. The fraction of sp³-hybridized carbons (Fsp3) is 0.600. The Morgan fingerprint density at radius 1 is 1.50 bits per heavy atom. The van der Waals surface area contributed by atoms with E-state index in [1.165, 1.54) is 5.12 Å². The van der Waals surface area contributed by atoms with Crippen molar-refractivity contribution >= 4 is 0 Å². The van der Waals surface area contributed by atoms with Crippen LogP contribution in [0.25, 0.3) is 0 Å². The normalized spacial score (nSPS) is 28.4. The van der Waals surface area contributed by atoms with Crippen LogP contribution in [0.3, 0.4) is 0 Å². The van der Waals surface area contributed by atoms with Crippen LogP contribution in [0.5, 0.6) is 0 Å². The zero-order valence-electron chi connectivity index (χ0n) is 6.20. The second-order valence-electron chi connectivity index (χ2n) is 2.42. The van der Waals surface area contributed by atoms with E-state index in [2.05, 4.69) is 0 Å². The molecule has 10 heavy (non-hydrogen) atoms. The zero-order chi connectivity index (χ0) is 7.89. The Morgan fingerprint density at radius 3 is 2.10 bits per heavy atom. The first-order valence-corrected chi connectivity index (χ1v) is 3.05. The minimum atomic E-state index is -0.273. The molecular weight excluding hydrogens is 130 g/mol. The molecule has 0 saturated carbocycles. The first-order chi connectivity index (χ1) is 4.55. The van der Waals surface area contributed by atoms with Crippen molar-refractivity contribution in [3.63, 3.8) is 0 Å². The van der Waals surface area contributed by atoms with Gasteiger partial charge in [-0.3, -0.25) is 5.01 Å². The Morgan fingerprint density at radius 2 is 2.00 bits per heavy atom. The summed E-state index contributed by atoms with van der Waals surface area (Å²) in [4.78, 5) is 0. The number of rotatable bonds is 0. The smallest absolute Gasteiger partial charge is 0.117 e. The van der Waals surface area contributed by atoms with E-state index in [1.807, 2.05) is 6.92 Å². The molecule has 0 saturated heterocycles. The van der Waals surface area contributed by atoms with Gasteiger partial charge in [-0.1, -0.05) is 0 Å². The van der Waals surface area contributed by atoms with Crippen LogP contribution in [0.1, 0.15) is 6.92 Å². The number of hydrogen-bond acceptors (Lipinski definition) is 5. The van der Waals surface area contributed by atoms with E-state index in [-0.39, 0.29) is 6.17 Å². The molecule has 0 aliphatic carbocycles. The topological polar surface area (TPSA) is 84.5 Å². The van der Waals surface area contributed by atoms with Crippen molar-refractivity contribution in [3.8, 4) is 0 Å². The highest BCUT2D eigenvalue weighted by Crippen LogP contribution is 2.16. The van der Waals surface area contributed by atoms with Crippen LogP contribution in [0.4, 0.5) is 0 Å². The molecule has 0 amide bonds. The lowest BCUT2D eigenvalue weighted by molar-refractivity contribution is 0.0291. The van der Waals surface area contributed by atoms with Gasteiger partial charge in [0.2, 0.25) is 0 Å². The van der Waals surface area contributed by atoms with Gasteiger partial charge in [-0.25, -0.2) is 5.84 Å². The van der Waals surface area contributed by atoms with Gasteiger partial charge in [0.15, 0.2) is 0 Å². The highest BCUT2D eigenvalue weighted by Gasteiger charge is 2.27. The second kappa shape index (κ2) is 2.12. The fourth-order valence-corrected chi connectivity index (χ4v) is 0.916. The van der Waals surface area contributed by atoms with Crippen molar-refractivity contribution in [3.05, 3.63) is 11.4 Å². The molecule has 1 atom stereocenters. The molecule has 0 aromatic heterocycles. The van der Waals surface area contributed by atoms with Crippen LogP contribution in [0, 0.1) is 0 Å². The van der Waals surface area contributed by atoms with E-state index in [4.69, 9.17) is 17.3 Å². The monoisotopic (exact) mass is 143 g/mol. The Kier molecular flexibility index (Phi) is 1.55. The molecule has 0 aromatic carbocycles. The minimum absolute atomic E-state index is 0.273. The van der Waals surface area contributed by atoms with Crippen molar-refractivity contribution in [2.24, 2.45) is 17.3 Å². The minimum Gasteiger partial charge on any atom is -0.384 e. The maximum Gasteiger partial charge on any atom is 0.117 e. The molecule has 5 nitrogen and oxygen atoms in total. The molecule has 1 unspecified atom stereocenters. The first kappa shape index (κ1) is 7.33. The fourth-order valence-electron chi connectivity index (χ4n) is 0.916. The van der Waals surface area contributed by atoms with E-state index < -0.39 is 0 Å². The van der Waals surface area contributed by atoms with Crippen molar-refractivity contribution in [2.45, 2.75) is 13.1 Å². The van der Waals surface area contributed by atoms with E-state index in [9.17, 15) is 0 Å². The van der Waals surface area contributed by atoms with E-state index in [0.717, 1.165) is 5.57 Å². The SMILES string of the molecule is CC1=C(N)N(C)N(N)C1N. The lowest BCUT2D eigenvalue weighted by Gasteiger charge is -2.24. The van der Waals surface area contributed by atoms with E-state index in [1.54, 1.807) is 12.1 Å². The molecule has 0 spiro atoms. The van der Waals surface area contributed by atoms with E-state index >= 15 is 0 Å². The van der Waals surface area contributed by atoms with Gasteiger partial charge in [0.1, 0.15) is 12.0 Å². The van der Waals surface area contributed by atoms with Gasteiger partial charge in [0, 0.05) is 12.6 Å². The largest absolute Gasteiger partial charge is 0.384 e. The Labute approximate surface area is 60.0 Å². The van der Waals surface area contributed by atoms with Crippen molar-refractivity contribution in [1.29, 1.82) is 0 Å². The zero-order valence-corrected chi connectivity index (χ0v) is 6.20. The lowest BCUT2D eigenvalue weighted by Crippen LogP contribution is -2.50. The third kappa shape index (κ3) is 0.756. The molecule has 0 aromatic rings. The summed E-state index contributed by atoms with van der Waals surface area (Å²) in [6, 6.07) is 0. The Bertz CT molecular complexity index is 157. The molecule has 0 radical (unpaired) electrons. The summed E-state index contributed by atoms with van der Waals surface area (Å²) >= 11 is 0. The third-order valence-electron chi connectivity index (χ3n) is 1.83.